The molecule has 0 aromatic rings. The minimum atomic E-state index is -0.813. The molecule has 0 atom stereocenters. The number of carbonyl (C=O) groups excluding carboxylic acids is 1. The third-order valence-corrected chi connectivity index (χ3v) is 3.49. The molecule has 1 fully saturated rings. The summed E-state index contributed by atoms with van der Waals surface area (Å²) in [5.74, 6) is -0.777. The predicted octanol–water partition coefficient (Wildman–Crippen LogP) is 0.452. The van der Waals surface area contributed by atoms with Gasteiger partial charge in [-0.2, -0.15) is 0 Å². The maximum atomic E-state index is 11.4. The number of hydrogen-bond donors (Lipinski definition) is 2. The summed E-state index contributed by atoms with van der Waals surface area (Å²) < 4.78 is 0. The third-order valence-electron chi connectivity index (χ3n) is 3.49. The quantitative estimate of drug-likeness (QED) is 0.733. The summed E-state index contributed by atoms with van der Waals surface area (Å²) >= 11 is 0. The molecule has 0 aromatic carbocycles. The van der Waals surface area contributed by atoms with Crippen molar-refractivity contribution in [2.75, 3.05) is 19.6 Å². The van der Waals surface area contributed by atoms with Crippen molar-refractivity contribution in [1.82, 2.24) is 10.2 Å². The van der Waals surface area contributed by atoms with Gasteiger partial charge in [0, 0.05) is 26.1 Å². The highest BCUT2D eigenvalue weighted by molar-refractivity contribution is 5.79. The molecule has 0 aromatic heterocycles. The number of nitrogens with one attached hydrogen (secondary N) is 1. The average Bonchev–Trinajstić information content (AvgIpc) is 2.46. The fraction of sp³-hybridized carbons (Fsp3) is 0.818. The van der Waals surface area contributed by atoms with Crippen molar-refractivity contribution in [3.63, 3.8) is 0 Å². The van der Waals surface area contributed by atoms with Crippen molar-refractivity contribution in [2.45, 2.75) is 38.6 Å². The Morgan fingerprint density at radius 3 is 2.56 bits per heavy atom. The fourth-order valence-corrected chi connectivity index (χ4v) is 2.33. The highest BCUT2D eigenvalue weighted by Crippen LogP contribution is 2.25. The van der Waals surface area contributed by atoms with Crippen LogP contribution in [0.1, 0.15) is 33.1 Å². The first-order valence-corrected chi connectivity index (χ1v) is 5.82. The number of carboxylic acids is 1. The lowest BCUT2D eigenvalue weighted by atomic mass is 9.90. The van der Waals surface area contributed by atoms with E-state index in [1.54, 1.807) is 0 Å². The van der Waals surface area contributed by atoms with E-state index in [0.29, 0.717) is 38.9 Å². The topological polar surface area (TPSA) is 69.6 Å². The van der Waals surface area contributed by atoms with Crippen molar-refractivity contribution in [3.8, 4) is 0 Å². The van der Waals surface area contributed by atoms with Crippen LogP contribution in [0.3, 0.4) is 0 Å². The number of hydrogen-bond acceptors (Lipinski definition) is 3. The molecule has 1 heterocycles. The Hall–Kier alpha value is -1.10. The lowest BCUT2D eigenvalue weighted by Crippen LogP contribution is -2.55. The number of aliphatic carboxylic acids is 1. The lowest BCUT2D eigenvalue weighted by molar-refractivity contribution is -0.152. The first-order valence-electron chi connectivity index (χ1n) is 5.82. The molecule has 1 saturated heterocycles. The molecule has 1 aliphatic rings. The number of carbonyl (C=O) groups is 2. The van der Waals surface area contributed by atoms with E-state index in [-0.39, 0.29) is 5.91 Å². The molecule has 1 rings (SSSR count). The zero-order valence-electron chi connectivity index (χ0n) is 9.95. The molecular weight excluding hydrogens is 208 g/mol. The normalized spacial score (nSPS) is 19.0. The van der Waals surface area contributed by atoms with Gasteiger partial charge in [-0.3, -0.25) is 14.5 Å². The minimum absolute atomic E-state index is 0.00833. The Labute approximate surface area is 95.8 Å². The van der Waals surface area contributed by atoms with Crippen molar-refractivity contribution in [1.29, 1.82) is 0 Å². The summed E-state index contributed by atoms with van der Waals surface area (Å²) in [5, 5.41) is 12.1. The van der Waals surface area contributed by atoms with Gasteiger partial charge < -0.3 is 10.4 Å². The van der Waals surface area contributed by atoms with Crippen LogP contribution in [0.15, 0.2) is 0 Å². The Bertz CT molecular complexity index is 274. The molecule has 0 radical (unpaired) electrons. The highest BCUT2D eigenvalue weighted by Gasteiger charge is 2.41. The van der Waals surface area contributed by atoms with Crippen molar-refractivity contribution in [2.24, 2.45) is 0 Å². The lowest BCUT2D eigenvalue weighted by Gasteiger charge is -2.38. The second-order valence-electron chi connectivity index (χ2n) is 4.13. The zero-order chi connectivity index (χ0) is 12.2. The van der Waals surface area contributed by atoms with Crippen LogP contribution in [-0.2, 0) is 9.59 Å². The SMILES string of the molecule is CCC(CC)(C(=O)O)N1CCNC(=O)CC1. The molecule has 1 aliphatic heterocycles. The van der Waals surface area contributed by atoms with Gasteiger partial charge in [0.25, 0.3) is 0 Å². The molecule has 0 aliphatic carbocycles. The fourth-order valence-electron chi connectivity index (χ4n) is 2.33. The first kappa shape index (κ1) is 13.0. The number of amides is 1. The van der Waals surface area contributed by atoms with Gasteiger partial charge in [0.15, 0.2) is 0 Å². The Kier molecular flexibility index (Phi) is 4.29. The van der Waals surface area contributed by atoms with E-state index in [1.165, 1.54) is 0 Å². The van der Waals surface area contributed by atoms with Crippen LogP contribution in [0.4, 0.5) is 0 Å². The largest absolute Gasteiger partial charge is 0.480 e. The number of carboxylic acid groups (broad SMARTS) is 1. The van der Waals surface area contributed by atoms with Crippen LogP contribution < -0.4 is 5.32 Å². The van der Waals surface area contributed by atoms with Crippen molar-refractivity contribution in [3.05, 3.63) is 0 Å². The summed E-state index contributed by atoms with van der Waals surface area (Å²) in [6.45, 7) is 5.45. The molecular formula is C11H20N2O3. The molecule has 2 N–H and O–H groups in total. The van der Waals surface area contributed by atoms with Gasteiger partial charge in [-0.25, -0.2) is 0 Å². The first-order chi connectivity index (χ1) is 7.56. The Morgan fingerprint density at radius 2 is 2.06 bits per heavy atom. The van der Waals surface area contributed by atoms with E-state index in [2.05, 4.69) is 5.32 Å². The smallest absolute Gasteiger partial charge is 0.324 e. The van der Waals surface area contributed by atoms with Gasteiger partial charge in [-0.15, -0.1) is 0 Å². The average molecular weight is 228 g/mol. The van der Waals surface area contributed by atoms with Gasteiger partial charge in [0.05, 0.1) is 0 Å². The van der Waals surface area contributed by atoms with Crippen LogP contribution in [0.25, 0.3) is 0 Å². The molecule has 0 spiro atoms. The van der Waals surface area contributed by atoms with Gasteiger partial charge in [-0.1, -0.05) is 13.8 Å². The maximum Gasteiger partial charge on any atom is 0.324 e. The van der Waals surface area contributed by atoms with Crippen LogP contribution >= 0.6 is 0 Å². The second-order valence-corrected chi connectivity index (χ2v) is 4.13. The van der Waals surface area contributed by atoms with Crippen molar-refractivity contribution < 1.29 is 14.7 Å². The maximum absolute atomic E-state index is 11.4. The number of nitrogens with zero attached hydrogens (tertiary/aromatic N) is 1. The molecule has 92 valence electrons. The summed E-state index contributed by atoms with van der Waals surface area (Å²) in [7, 11) is 0. The van der Waals surface area contributed by atoms with Gasteiger partial charge >= 0.3 is 5.97 Å². The van der Waals surface area contributed by atoms with Gasteiger partial charge in [0.2, 0.25) is 5.91 Å². The van der Waals surface area contributed by atoms with E-state index in [4.69, 9.17) is 0 Å². The standard InChI is InChI=1S/C11H20N2O3/c1-3-11(4-2,10(15)16)13-7-5-9(14)12-6-8-13/h3-8H2,1-2H3,(H,12,14)(H,15,16). The molecule has 5 heteroatoms. The molecule has 16 heavy (non-hydrogen) atoms. The molecule has 1 amide bonds. The Balaban J connectivity index is 2.85. The van der Waals surface area contributed by atoms with E-state index in [9.17, 15) is 14.7 Å². The third kappa shape index (κ3) is 2.35. The van der Waals surface area contributed by atoms with Crippen LogP contribution in [0.5, 0.6) is 0 Å². The minimum Gasteiger partial charge on any atom is -0.480 e. The zero-order valence-corrected chi connectivity index (χ0v) is 9.95. The van der Waals surface area contributed by atoms with E-state index in [0.717, 1.165) is 0 Å². The van der Waals surface area contributed by atoms with Gasteiger partial charge in [0.1, 0.15) is 5.54 Å². The molecule has 5 nitrogen and oxygen atoms in total. The van der Waals surface area contributed by atoms with Crippen LogP contribution in [-0.4, -0.2) is 47.1 Å². The van der Waals surface area contributed by atoms with E-state index < -0.39 is 11.5 Å². The molecule has 0 unspecified atom stereocenters. The predicted molar refractivity (Wildman–Crippen MR) is 60.1 cm³/mol. The van der Waals surface area contributed by atoms with Gasteiger partial charge in [-0.05, 0) is 12.8 Å². The van der Waals surface area contributed by atoms with E-state index >= 15 is 0 Å². The number of rotatable bonds is 4. The van der Waals surface area contributed by atoms with Crippen LogP contribution in [0, 0.1) is 0 Å². The summed E-state index contributed by atoms with van der Waals surface area (Å²) in [6, 6.07) is 0. The van der Waals surface area contributed by atoms with E-state index in [1.807, 2.05) is 18.7 Å². The Morgan fingerprint density at radius 1 is 1.44 bits per heavy atom. The molecule has 0 saturated carbocycles. The molecule has 0 bridgehead atoms. The summed E-state index contributed by atoms with van der Waals surface area (Å²) in [5.41, 5.74) is -0.813. The monoisotopic (exact) mass is 228 g/mol. The summed E-state index contributed by atoms with van der Waals surface area (Å²) in [4.78, 5) is 24.6. The highest BCUT2D eigenvalue weighted by atomic mass is 16.4. The van der Waals surface area contributed by atoms with Crippen LogP contribution in [0.2, 0.25) is 0 Å². The van der Waals surface area contributed by atoms with Crippen molar-refractivity contribution >= 4 is 11.9 Å². The second kappa shape index (κ2) is 5.30. The summed E-state index contributed by atoms with van der Waals surface area (Å²) in [6.07, 6.45) is 1.51.